The SMILES string of the molecule is Cc1ccc2c3cc(C)c(C)c4c3n(c2c1)c1cc(C2CC3CCC2C3)cc2cc[n+](C)c4c21. The van der Waals surface area contributed by atoms with Crippen molar-refractivity contribution in [1.82, 2.24) is 4.40 Å². The summed E-state index contributed by atoms with van der Waals surface area (Å²) < 4.78 is 4.97. The second-order valence-corrected chi connectivity index (χ2v) is 11.5. The number of aryl methyl sites for hydroxylation is 4. The molecule has 3 atom stereocenters. The van der Waals surface area contributed by atoms with Crippen LogP contribution in [0.1, 0.15) is 53.9 Å². The summed E-state index contributed by atoms with van der Waals surface area (Å²) in [4.78, 5) is 0. The molecule has 168 valence electrons. The van der Waals surface area contributed by atoms with Gasteiger partial charge in [0.15, 0.2) is 6.20 Å². The van der Waals surface area contributed by atoms with Crippen LogP contribution >= 0.6 is 0 Å². The number of aromatic nitrogens is 2. The molecule has 0 saturated heterocycles. The molecular formula is C32H31N2+. The number of nitrogens with zero attached hydrogens (tertiary/aromatic N) is 2. The third kappa shape index (κ3) is 2.25. The Morgan fingerprint density at radius 3 is 2.53 bits per heavy atom. The Bertz CT molecular complexity index is 1820. The van der Waals surface area contributed by atoms with E-state index in [2.05, 4.69) is 85.4 Å². The Morgan fingerprint density at radius 2 is 1.74 bits per heavy atom. The van der Waals surface area contributed by atoms with Gasteiger partial charge in [-0.2, -0.15) is 0 Å². The molecule has 2 heteroatoms. The van der Waals surface area contributed by atoms with E-state index in [9.17, 15) is 0 Å². The molecule has 2 fully saturated rings. The first-order valence-corrected chi connectivity index (χ1v) is 13.0. The minimum absolute atomic E-state index is 0.733. The van der Waals surface area contributed by atoms with Crippen molar-refractivity contribution in [1.29, 1.82) is 0 Å². The number of hydrogen-bond donors (Lipinski definition) is 0. The summed E-state index contributed by atoms with van der Waals surface area (Å²) in [5.41, 5.74) is 11.2. The highest BCUT2D eigenvalue weighted by Gasteiger charge is 2.40. The van der Waals surface area contributed by atoms with Crippen molar-refractivity contribution < 1.29 is 4.57 Å². The smallest absolute Gasteiger partial charge is 0.224 e. The highest BCUT2D eigenvalue weighted by atomic mass is 15.0. The van der Waals surface area contributed by atoms with E-state index in [1.807, 2.05) is 0 Å². The zero-order valence-corrected chi connectivity index (χ0v) is 20.6. The molecule has 2 bridgehead atoms. The van der Waals surface area contributed by atoms with Crippen LogP contribution in [0.2, 0.25) is 0 Å². The first kappa shape index (κ1) is 19.2. The lowest BCUT2D eigenvalue weighted by Gasteiger charge is -2.23. The summed E-state index contributed by atoms with van der Waals surface area (Å²) in [5, 5.41) is 6.99. The molecule has 3 heterocycles. The highest BCUT2D eigenvalue weighted by Crippen LogP contribution is 2.53. The summed E-state index contributed by atoms with van der Waals surface area (Å²) in [5.74, 6) is 2.58. The van der Waals surface area contributed by atoms with E-state index in [0.29, 0.717) is 0 Å². The molecule has 6 aromatic rings. The fraction of sp³-hybridized carbons (Fsp3) is 0.344. The van der Waals surface area contributed by atoms with Crippen molar-refractivity contribution in [2.24, 2.45) is 18.9 Å². The van der Waals surface area contributed by atoms with E-state index in [4.69, 9.17) is 0 Å². The van der Waals surface area contributed by atoms with Crippen LogP contribution in [0.25, 0.3) is 49.0 Å². The normalized spacial score (nSPS) is 22.5. The van der Waals surface area contributed by atoms with Crippen LogP contribution in [0, 0.1) is 32.6 Å². The van der Waals surface area contributed by atoms with Gasteiger partial charge in [-0.15, -0.1) is 0 Å². The van der Waals surface area contributed by atoms with Gasteiger partial charge in [0, 0.05) is 16.8 Å². The van der Waals surface area contributed by atoms with Crippen molar-refractivity contribution in [3.8, 4) is 0 Å². The molecule has 2 saturated carbocycles. The van der Waals surface area contributed by atoms with Gasteiger partial charge >= 0.3 is 0 Å². The van der Waals surface area contributed by atoms with Gasteiger partial charge in [-0.1, -0.05) is 24.6 Å². The summed E-state index contributed by atoms with van der Waals surface area (Å²) in [6.07, 6.45) is 8.00. The minimum atomic E-state index is 0.733. The van der Waals surface area contributed by atoms with E-state index >= 15 is 0 Å². The first-order chi connectivity index (χ1) is 16.5. The zero-order valence-electron chi connectivity index (χ0n) is 20.6. The molecule has 0 radical (unpaired) electrons. The average molecular weight is 444 g/mol. The Kier molecular flexibility index (Phi) is 3.56. The van der Waals surface area contributed by atoms with Crippen LogP contribution in [-0.4, -0.2) is 4.40 Å². The molecule has 3 aromatic heterocycles. The first-order valence-electron chi connectivity index (χ1n) is 13.0. The molecule has 0 N–H and O–H groups in total. The number of pyridine rings is 2. The fourth-order valence-electron chi connectivity index (χ4n) is 7.90. The third-order valence-electron chi connectivity index (χ3n) is 9.61. The second-order valence-electron chi connectivity index (χ2n) is 11.5. The summed E-state index contributed by atoms with van der Waals surface area (Å²) in [6, 6.07) is 16.9. The van der Waals surface area contributed by atoms with E-state index in [-0.39, 0.29) is 0 Å². The molecule has 8 rings (SSSR count). The van der Waals surface area contributed by atoms with Crippen molar-refractivity contribution in [2.45, 2.75) is 52.4 Å². The Labute approximate surface area is 200 Å². The van der Waals surface area contributed by atoms with Crippen LogP contribution in [0.5, 0.6) is 0 Å². The molecule has 2 nitrogen and oxygen atoms in total. The lowest BCUT2D eigenvalue weighted by atomic mass is 9.82. The van der Waals surface area contributed by atoms with Crippen molar-refractivity contribution in [3.05, 3.63) is 70.9 Å². The molecule has 0 spiro atoms. The van der Waals surface area contributed by atoms with E-state index < -0.39 is 0 Å². The summed E-state index contributed by atoms with van der Waals surface area (Å²) in [6.45, 7) is 6.81. The van der Waals surface area contributed by atoms with Crippen LogP contribution in [0.3, 0.4) is 0 Å². The largest absolute Gasteiger partial charge is 0.307 e. The Balaban J connectivity index is 1.65. The van der Waals surface area contributed by atoms with E-state index in [1.165, 1.54) is 91.4 Å². The number of benzene rings is 3. The van der Waals surface area contributed by atoms with E-state index in [0.717, 1.165) is 17.8 Å². The average Bonchev–Trinajstić information content (AvgIpc) is 3.54. The van der Waals surface area contributed by atoms with Crippen LogP contribution < -0.4 is 4.57 Å². The molecule has 3 aromatic carbocycles. The topological polar surface area (TPSA) is 8.29 Å². The lowest BCUT2D eigenvalue weighted by molar-refractivity contribution is -0.643. The van der Waals surface area contributed by atoms with Crippen molar-refractivity contribution >= 4 is 49.0 Å². The molecule has 0 aliphatic heterocycles. The minimum Gasteiger partial charge on any atom is -0.307 e. The Morgan fingerprint density at radius 1 is 0.853 bits per heavy atom. The molecule has 2 aliphatic rings. The molecular weight excluding hydrogens is 412 g/mol. The van der Waals surface area contributed by atoms with E-state index in [1.54, 1.807) is 5.56 Å². The fourth-order valence-corrected chi connectivity index (χ4v) is 7.90. The standard InChI is InChI=1S/C32H31N2/c1-17-5-8-24-26-12-18(2)19(3)29-31(26)34(27(24)11-17)28-16-23(25-14-20-6-7-21(25)13-20)15-22-9-10-33(4)32(29)30(22)28/h5,8-12,15-16,20-21,25H,6-7,13-14H2,1-4H3/q+1. The maximum Gasteiger partial charge on any atom is 0.224 e. The van der Waals surface area contributed by atoms with Crippen molar-refractivity contribution in [3.63, 3.8) is 0 Å². The zero-order chi connectivity index (χ0) is 22.9. The van der Waals surface area contributed by atoms with Gasteiger partial charge in [0.2, 0.25) is 5.52 Å². The second kappa shape index (κ2) is 6.30. The van der Waals surface area contributed by atoms with Crippen molar-refractivity contribution in [2.75, 3.05) is 0 Å². The van der Waals surface area contributed by atoms with Gasteiger partial charge in [-0.25, -0.2) is 4.57 Å². The van der Waals surface area contributed by atoms with Gasteiger partial charge in [0.05, 0.1) is 27.3 Å². The van der Waals surface area contributed by atoms with Gasteiger partial charge in [0.1, 0.15) is 7.05 Å². The van der Waals surface area contributed by atoms with Gasteiger partial charge in [-0.3, -0.25) is 0 Å². The summed E-state index contributed by atoms with van der Waals surface area (Å²) in [7, 11) is 2.22. The quantitative estimate of drug-likeness (QED) is 0.140. The maximum atomic E-state index is 2.62. The number of rotatable bonds is 1. The summed E-state index contributed by atoms with van der Waals surface area (Å²) >= 11 is 0. The monoisotopic (exact) mass is 443 g/mol. The Hall–Kier alpha value is -3.13. The molecule has 2 aliphatic carbocycles. The van der Waals surface area contributed by atoms with Crippen LogP contribution in [0.4, 0.5) is 0 Å². The predicted molar refractivity (Wildman–Crippen MR) is 142 cm³/mol. The maximum absolute atomic E-state index is 2.62. The van der Waals surface area contributed by atoms with Gasteiger partial charge in [0.25, 0.3) is 0 Å². The predicted octanol–water partition coefficient (Wildman–Crippen LogP) is 7.64. The van der Waals surface area contributed by atoms with Gasteiger partial charge in [-0.05, 0) is 104 Å². The third-order valence-corrected chi connectivity index (χ3v) is 9.61. The highest BCUT2D eigenvalue weighted by molar-refractivity contribution is 6.26. The lowest BCUT2D eigenvalue weighted by Crippen LogP contribution is -2.29. The number of hydrogen-bond acceptors (Lipinski definition) is 0. The molecule has 0 amide bonds. The molecule has 3 unspecified atom stereocenters. The van der Waals surface area contributed by atoms with Crippen LogP contribution in [0.15, 0.2) is 48.7 Å². The van der Waals surface area contributed by atoms with Gasteiger partial charge < -0.3 is 4.40 Å². The van der Waals surface area contributed by atoms with Crippen LogP contribution in [-0.2, 0) is 7.05 Å². The number of fused-ring (bicyclic) bond motifs is 7. The molecule has 34 heavy (non-hydrogen) atoms.